The average Bonchev–Trinajstić information content (AvgIpc) is 3.42. The summed E-state index contributed by atoms with van der Waals surface area (Å²) < 4.78 is 7.66. The predicted molar refractivity (Wildman–Crippen MR) is 122 cm³/mol. The zero-order valence-corrected chi connectivity index (χ0v) is 18.8. The van der Waals surface area contributed by atoms with Crippen molar-refractivity contribution in [3.05, 3.63) is 52.8 Å². The fourth-order valence-corrected chi connectivity index (χ4v) is 4.55. The molecule has 0 aliphatic carbocycles. The minimum Gasteiger partial charge on any atom is -0.496 e. The number of hydrogen-bond donors (Lipinski definition) is 1. The highest BCUT2D eigenvalue weighted by molar-refractivity contribution is 6.06. The normalized spacial score (nSPS) is 15.5. The van der Waals surface area contributed by atoms with E-state index in [1.807, 2.05) is 24.3 Å². The number of benzene rings is 1. The van der Waals surface area contributed by atoms with Crippen LogP contribution >= 0.6 is 0 Å². The third-order valence-corrected chi connectivity index (χ3v) is 6.37. The van der Waals surface area contributed by atoms with Crippen molar-refractivity contribution in [1.29, 1.82) is 0 Å². The third kappa shape index (κ3) is 3.75. The molecule has 8 heteroatoms. The second-order valence-corrected chi connectivity index (χ2v) is 8.69. The van der Waals surface area contributed by atoms with E-state index in [-0.39, 0.29) is 5.91 Å². The van der Waals surface area contributed by atoms with Crippen molar-refractivity contribution in [3.63, 3.8) is 0 Å². The van der Waals surface area contributed by atoms with Crippen LogP contribution in [-0.2, 0) is 25.9 Å². The highest BCUT2D eigenvalue weighted by Gasteiger charge is 2.24. The summed E-state index contributed by atoms with van der Waals surface area (Å²) in [6, 6.07) is 9.99. The number of amides is 1. The molecule has 0 radical (unpaired) electrons. The van der Waals surface area contributed by atoms with E-state index in [2.05, 4.69) is 43.8 Å². The number of rotatable bonds is 5. The van der Waals surface area contributed by atoms with Crippen molar-refractivity contribution in [2.45, 2.75) is 52.2 Å². The van der Waals surface area contributed by atoms with E-state index in [4.69, 9.17) is 4.74 Å². The number of aryl methyl sites for hydroxylation is 1. The van der Waals surface area contributed by atoms with Gasteiger partial charge in [0.05, 0.1) is 12.7 Å². The summed E-state index contributed by atoms with van der Waals surface area (Å²) in [5, 5.41) is 11.5. The molecule has 1 N–H and O–H groups in total. The molecule has 0 atom stereocenters. The van der Waals surface area contributed by atoms with Crippen molar-refractivity contribution >= 4 is 11.7 Å². The molecule has 5 rings (SSSR count). The smallest absolute Gasteiger partial charge is 0.260 e. The summed E-state index contributed by atoms with van der Waals surface area (Å²) in [6.45, 7) is 7.15. The topological polar surface area (TPSA) is 85.2 Å². The number of nitrogens with zero attached hydrogens (tertiary/aromatic N) is 5. The Bertz CT molecular complexity index is 1170. The number of carbonyl (C=O) groups is 1. The molecule has 166 valence electrons. The Balaban J connectivity index is 1.41. The molecule has 4 heterocycles. The summed E-state index contributed by atoms with van der Waals surface area (Å²) in [6.07, 6.45) is 2.97. The molecule has 0 saturated heterocycles. The first-order valence-electron chi connectivity index (χ1n) is 11.2. The standard InChI is InChI=1S/C24H28N6O2/c1-15(2)29-11-9-16-13-20(32-3)18(12-17(16)14-29)24(31)26-21-7-4-6-19(25-21)23-28-27-22-8-5-10-30(22)23/h4,6-7,12-13,15H,5,8-11,14H2,1-3H3,(H,25,26,31). The van der Waals surface area contributed by atoms with Gasteiger partial charge in [0, 0.05) is 32.1 Å². The van der Waals surface area contributed by atoms with Crippen molar-refractivity contribution in [3.8, 4) is 17.3 Å². The number of ether oxygens (including phenoxy) is 1. The van der Waals surface area contributed by atoms with E-state index in [9.17, 15) is 4.79 Å². The molecule has 3 aromatic rings. The summed E-state index contributed by atoms with van der Waals surface area (Å²) in [4.78, 5) is 20.2. The van der Waals surface area contributed by atoms with Crippen LogP contribution in [-0.4, -0.2) is 50.3 Å². The zero-order valence-electron chi connectivity index (χ0n) is 18.8. The molecule has 32 heavy (non-hydrogen) atoms. The lowest BCUT2D eigenvalue weighted by molar-refractivity contribution is 0.102. The minimum atomic E-state index is -0.234. The number of carbonyl (C=O) groups excluding carboxylic acids is 1. The molecule has 2 aromatic heterocycles. The Kier molecular flexibility index (Phi) is 5.38. The number of nitrogens with one attached hydrogen (secondary N) is 1. The first kappa shape index (κ1) is 20.6. The highest BCUT2D eigenvalue weighted by atomic mass is 16.5. The van der Waals surface area contributed by atoms with Gasteiger partial charge in [-0.05, 0) is 62.1 Å². The molecule has 0 spiro atoms. The molecular formula is C24H28N6O2. The second-order valence-electron chi connectivity index (χ2n) is 8.69. The number of fused-ring (bicyclic) bond motifs is 2. The van der Waals surface area contributed by atoms with Crippen LogP contribution in [0.15, 0.2) is 30.3 Å². The van der Waals surface area contributed by atoms with Crippen molar-refractivity contribution in [1.82, 2.24) is 24.6 Å². The van der Waals surface area contributed by atoms with E-state index in [0.717, 1.165) is 50.5 Å². The van der Waals surface area contributed by atoms with E-state index < -0.39 is 0 Å². The molecule has 0 bridgehead atoms. The first-order chi connectivity index (χ1) is 15.5. The van der Waals surface area contributed by atoms with Crippen LogP contribution in [0.4, 0.5) is 5.82 Å². The van der Waals surface area contributed by atoms with Crippen LogP contribution in [0, 0.1) is 0 Å². The molecule has 8 nitrogen and oxygen atoms in total. The number of anilines is 1. The van der Waals surface area contributed by atoms with Gasteiger partial charge in [-0.15, -0.1) is 10.2 Å². The van der Waals surface area contributed by atoms with Crippen LogP contribution in [0.3, 0.4) is 0 Å². The van der Waals surface area contributed by atoms with E-state index >= 15 is 0 Å². The maximum atomic E-state index is 13.2. The van der Waals surface area contributed by atoms with Crippen LogP contribution in [0.2, 0.25) is 0 Å². The Morgan fingerprint density at radius 3 is 2.81 bits per heavy atom. The van der Waals surface area contributed by atoms with Gasteiger partial charge in [-0.25, -0.2) is 4.98 Å². The Labute approximate surface area is 187 Å². The van der Waals surface area contributed by atoms with E-state index in [1.54, 1.807) is 13.2 Å². The van der Waals surface area contributed by atoms with Crippen molar-refractivity contribution in [2.24, 2.45) is 0 Å². The highest BCUT2D eigenvalue weighted by Crippen LogP contribution is 2.29. The molecule has 2 aliphatic rings. The van der Waals surface area contributed by atoms with Gasteiger partial charge in [-0.1, -0.05) is 6.07 Å². The summed E-state index contributed by atoms with van der Waals surface area (Å²) in [5.41, 5.74) is 3.65. The molecule has 0 unspecified atom stereocenters. The number of hydrogen-bond acceptors (Lipinski definition) is 6. The largest absolute Gasteiger partial charge is 0.496 e. The van der Waals surface area contributed by atoms with E-state index in [1.165, 1.54) is 11.1 Å². The fraction of sp³-hybridized carbons (Fsp3) is 0.417. The number of methoxy groups -OCH3 is 1. The van der Waals surface area contributed by atoms with Gasteiger partial charge < -0.3 is 14.6 Å². The van der Waals surface area contributed by atoms with Gasteiger partial charge in [-0.3, -0.25) is 9.69 Å². The molecule has 0 fully saturated rings. The summed E-state index contributed by atoms with van der Waals surface area (Å²) in [7, 11) is 1.60. The SMILES string of the molecule is COc1cc2c(cc1C(=O)Nc1cccc(-c3nnc4n3CCC4)n1)CN(C(C)C)CC2. The Hall–Kier alpha value is -3.26. The maximum absolute atomic E-state index is 13.2. The number of pyridine rings is 1. The van der Waals surface area contributed by atoms with Crippen molar-refractivity contribution < 1.29 is 9.53 Å². The minimum absolute atomic E-state index is 0.234. The molecular weight excluding hydrogens is 404 g/mol. The van der Waals surface area contributed by atoms with Crippen LogP contribution in [0.5, 0.6) is 5.75 Å². The van der Waals surface area contributed by atoms with Gasteiger partial charge in [0.15, 0.2) is 5.82 Å². The third-order valence-electron chi connectivity index (χ3n) is 6.37. The zero-order chi connectivity index (χ0) is 22.2. The maximum Gasteiger partial charge on any atom is 0.260 e. The Morgan fingerprint density at radius 1 is 1.12 bits per heavy atom. The van der Waals surface area contributed by atoms with Gasteiger partial charge in [-0.2, -0.15) is 0 Å². The quantitative estimate of drug-likeness (QED) is 0.666. The van der Waals surface area contributed by atoms with Gasteiger partial charge >= 0.3 is 0 Å². The Morgan fingerprint density at radius 2 is 2.00 bits per heavy atom. The van der Waals surface area contributed by atoms with E-state index in [0.29, 0.717) is 28.9 Å². The average molecular weight is 433 g/mol. The lowest BCUT2D eigenvalue weighted by atomic mass is 9.95. The van der Waals surface area contributed by atoms with Gasteiger partial charge in [0.25, 0.3) is 5.91 Å². The van der Waals surface area contributed by atoms with Crippen LogP contribution < -0.4 is 10.1 Å². The molecule has 1 aromatic carbocycles. The fourth-order valence-electron chi connectivity index (χ4n) is 4.55. The summed E-state index contributed by atoms with van der Waals surface area (Å²) >= 11 is 0. The molecule has 1 amide bonds. The van der Waals surface area contributed by atoms with Gasteiger partial charge in [0.2, 0.25) is 0 Å². The lowest BCUT2D eigenvalue weighted by Crippen LogP contribution is -2.36. The van der Waals surface area contributed by atoms with Crippen molar-refractivity contribution in [2.75, 3.05) is 19.0 Å². The van der Waals surface area contributed by atoms with Crippen LogP contribution in [0.1, 0.15) is 47.6 Å². The second kappa shape index (κ2) is 8.35. The molecule has 2 aliphatic heterocycles. The lowest BCUT2D eigenvalue weighted by Gasteiger charge is -2.32. The summed E-state index contributed by atoms with van der Waals surface area (Å²) in [5.74, 6) is 2.57. The van der Waals surface area contributed by atoms with Gasteiger partial charge in [0.1, 0.15) is 23.1 Å². The monoisotopic (exact) mass is 432 g/mol. The van der Waals surface area contributed by atoms with Crippen LogP contribution in [0.25, 0.3) is 11.5 Å². The number of aromatic nitrogens is 4. The predicted octanol–water partition coefficient (Wildman–Crippen LogP) is 3.31. The molecule has 0 saturated carbocycles. The first-order valence-corrected chi connectivity index (χ1v) is 11.2.